The van der Waals surface area contributed by atoms with Gasteiger partial charge in [-0.1, -0.05) is 77.0 Å². The topological polar surface area (TPSA) is 196 Å². The molecule has 0 saturated heterocycles. The predicted molar refractivity (Wildman–Crippen MR) is 235 cm³/mol. The fourth-order valence-corrected chi connectivity index (χ4v) is 6.64. The lowest BCUT2D eigenvalue weighted by atomic mass is 10.0. The second-order valence-corrected chi connectivity index (χ2v) is 15.9. The lowest BCUT2D eigenvalue weighted by Gasteiger charge is -2.12. The Kier molecular flexibility index (Phi) is 42.2. The highest BCUT2D eigenvalue weighted by atomic mass is 16.5. The first-order valence-corrected chi connectivity index (χ1v) is 23.4. The third kappa shape index (κ3) is 43.3. The summed E-state index contributed by atoms with van der Waals surface area (Å²) in [5.74, 6) is -0.573. The second-order valence-electron chi connectivity index (χ2n) is 15.9. The molecule has 0 bridgehead atoms. The Morgan fingerprint density at radius 1 is 0.433 bits per heavy atom. The molecule has 0 saturated carbocycles. The molecule has 0 aromatic carbocycles. The van der Waals surface area contributed by atoms with Crippen molar-refractivity contribution in [3.05, 3.63) is 0 Å². The van der Waals surface area contributed by atoms with E-state index in [0.717, 1.165) is 70.6 Å². The summed E-state index contributed by atoms with van der Waals surface area (Å²) in [6.45, 7) is 5.41. The van der Waals surface area contributed by atoms with Crippen LogP contribution >= 0.6 is 0 Å². The van der Waals surface area contributed by atoms with Crippen LogP contribution in [0.4, 0.5) is 0 Å². The van der Waals surface area contributed by atoms with Gasteiger partial charge in [-0.2, -0.15) is 0 Å². The number of carboxylic acids is 1. The molecule has 0 aromatic rings. The summed E-state index contributed by atoms with van der Waals surface area (Å²) in [6, 6.07) is -0.144. The van der Waals surface area contributed by atoms with Crippen LogP contribution in [0.25, 0.3) is 0 Å². The lowest BCUT2D eigenvalue weighted by Crippen LogP contribution is -2.33. The van der Waals surface area contributed by atoms with Crippen LogP contribution in [0.3, 0.4) is 0 Å². The van der Waals surface area contributed by atoms with E-state index in [1.54, 1.807) is 14.0 Å². The number of aliphatic carboxylic acids is 1. The van der Waals surface area contributed by atoms with Gasteiger partial charge in [-0.15, -0.1) is 0 Å². The van der Waals surface area contributed by atoms with Crippen molar-refractivity contribution in [2.75, 3.05) is 73.0 Å². The second kappa shape index (κ2) is 44.3. The molecule has 14 heteroatoms. The van der Waals surface area contributed by atoms with Crippen LogP contribution in [0.15, 0.2) is 0 Å². The first-order chi connectivity index (χ1) is 29.1. The zero-order valence-electron chi connectivity index (χ0n) is 37.8. The highest BCUT2D eigenvalue weighted by Crippen LogP contribution is 2.14. The van der Waals surface area contributed by atoms with Gasteiger partial charge in [0.2, 0.25) is 11.8 Å². The number of hydrogen-bond acceptors (Lipinski definition) is 11. The van der Waals surface area contributed by atoms with Crippen molar-refractivity contribution in [1.29, 1.82) is 0 Å². The van der Waals surface area contributed by atoms with Crippen molar-refractivity contribution in [3.63, 3.8) is 0 Å². The van der Waals surface area contributed by atoms with Crippen molar-refractivity contribution >= 4 is 35.1 Å². The van der Waals surface area contributed by atoms with E-state index >= 15 is 0 Å². The minimum absolute atomic E-state index is 0.0451. The maximum atomic E-state index is 12.2. The summed E-state index contributed by atoms with van der Waals surface area (Å²) in [7, 11) is 1.76. The van der Waals surface area contributed by atoms with Gasteiger partial charge in [-0.25, -0.2) is 0 Å². The van der Waals surface area contributed by atoms with Crippen molar-refractivity contribution in [1.82, 2.24) is 16.0 Å². The number of ketones is 3. The van der Waals surface area contributed by atoms with Crippen molar-refractivity contribution in [3.8, 4) is 0 Å². The van der Waals surface area contributed by atoms with Crippen LogP contribution in [-0.4, -0.2) is 119 Å². The van der Waals surface area contributed by atoms with Gasteiger partial charge < -0.3 is 40.0 Å². The molecule has 0 aliphatic rings. The van der Waals surface area contributed by atoms with Crippen LogP contribution in [0.2, 0.25) is 0 Å². The van der Waals surface area contributed by atoms with E-state index in [9.17, 15) is 28.8 Å². The summed E-state index contributed by atoms with van der Waals surface area (Å²) < 4.78 is 21.9. The fourth-order valence-electron chi connectivity index (χ4n) is 6.64. The highest BCUT2D eigenvalue weighted by Gasteiger charge is 2.11. The molecule has 1 unspecified atom stereocenters. The van der Waals surface area contributed by atoms with Crippen LogP contribution < -0.4 is 16.0 Å². The number of nitrogens with one attached hydrogen (secondary N) is 3. The molecule has 0 radical (unpaired) electrons. The number of likely N-dealkylation sites (N-methyl/N-ethyl adjacent to an activating group) is 1. The first-order valence-electron chi connectivity index (χ1n) is 23.4. The number of carboxylic acid groups (broad SMARTS) is 1. The number of rotatable bonds is 48. The Morgan fingerprint density at radius 2 is 0.867 bits per heavy atom. The van der Waals surface area contributed by atoms with Gasteiger partial charge >= 0.3 is 5.97 Å². The standard InChI is InChI=1S/C46H85N3O11/c1-40(50)43(47-2)27-17-20-30-49-45(54)39-60-38-42(52)25-19-22-33-58-35-37-59-36-34-57-32-21-18-24-41(51)26-23-31-48-44(53)28-15-13-11-9-7-5-3-4-6-8-10-12-14-16-29-46(55)56/h43,47H,3-39H2,1-2H3,(H,48,53)(H,49,54)(H,55,56). The Bertz CT molecular complexity index is 1090. The number of unbranched alkanes of at least 4 members (excludes halogenated alkanes) is 16. The monoisotopic (exact) mass is 856 g/mol. The van der Waals surface area contributed by atoms with Gasteiger partial charge in [0.05, 0.1) is 32.5 Å². The minimum Gasteiger partial charge on any atom is -0.481 e. The molecule has 0 aliphatic heterocycles. The molecule has 0 fully saturated rings. The molecule has 1 atom stereocenters. The summed E-state index contributed by atoms with van der Waals surface area (Å²) in [6.07, 6.45) is 24.6. The largest absolute Gasteiger partial charge is 0.481 e. The zero-order chi connectivity index (χ0) is 44.2. The van der Waals surface area contributed by atoms with Crippen LogP contribution in [0.1, 0.15) is 180 Å². The van der Waals surface area contributed by atoms with Gasteiger partial charge in [0.1, 0.15) is 24.8 Å². The Labute approximate surface area is 362 Å². The van der Waals surface area contributed by atoms with E-state index in [1.165, 1.54) is 57.8 Å². The molecular weight excluding hydrogens is 771 g/mol. The number of ether oxygens (including phenoxy) is 4. The number of hydrogen-bond donors (Lipinski definition) is 4. The number of Topliss-reactive ketones (excluding diaryl/α,β-unsaturated/α-hetero) is 3. The molecule has 0 aliphatic carbocycles. The van der Waals surface area contributed by atoms with E-state index in [2.05, 4.69) is 16.0 Å². The highest BCUT2D eigenvalue weighted by molar-refractivity contribution is 5.81. The van der Waals surface area contributed by atoms with Crippen molar-refractivity contribution < 1.29 is 52.8 Å². The normalized spacial score (nSPS) is 11.7. The Morgan fingerprint density at radius 3 is 1.38 bits per heavy atom. The molecule has 0 spiro atoms. The number of carbonyl (C=O) groups excluding carboxylic acids is 5. The summed E-state index contributed by atoms with van der Waals surface area (Å²) in [5.41, 5.74) is 0. The van der Waals surface area contributed by atoms with E-state index < -0.39 is 5.97 Å². The maximum absolute atomic E-state index is 12.2. The molecule has 60 heavy (non-hydrogen) atoms. The van der Waals surface area contributed by atoms with E-state index in [-0.39, 0.29) is 48.4 Å². The zero-order valence-corrected chi connectivity index (χ0v) is 37.8. The van der Waals surface area contributed by atoms with Gasteiger partial charge in [0.25, 0.3) is 0 Å². The Balaban J connectivity index is 3.37. The first kappa shape index (κ1) is 57.2. The van der Waals surface area contributed by atoms with Gasteiger partial charge in [0, 0.05) is 58.4 Å². The van der Waals surface area contributed by atoms with Gasteiger partial charge in [-0.3, -0.25) is 28.8 Å². The predicted octanol–water partition coefficient (Wildman–Crippen LogP) is 7.22. The molecule has 4 N–H and O–H groups in total. The lowest BCUT2D eigenvalue weighted by molar-refractivity contribution is -0.137. The summed E-state index contributed by atoms with van der Waals surface area (Å²) >= 11 is 0. The van der Waals surface area contributed by atoms with Crippen LogP contribution in [0.5, 0.6) is 0 Å². The van der Waals surface area contributed by atoms with E-state index in [1.807, 2.05) is 0 Å². The van der Waals surface area contributed by atoms with Gasteiger partial charge in [-0.05, 0) is 78.2 Å². The molecule has 0 aromatic heterocycles. The quantitative estimate of drug-likeness (QED) is 0.0450. The minimum atomic E-state index is -0.690. The smallest absolute Gasteiger partial charge is 0.303 e. The summed E-state index contributed by atoms with van der Waals surface area (Å²) in [4.78, 5) is 70.0. The Hall–Kier alpha value is -2.78. The SMILES string of the molecule is CNC(CCCCNC(=O)COCC(=O)CCCCOCCOCCOCCCCC(=O)CCCNC(=O)CCCCCCCCCCCCCCCCC(=O)O)C(C)=O. The van der Waals surface area contributed by atoms with E-state index in [0.29, 0.717) is 97.7 Å². The third-order valence-corrected chi connectivity index (χ3v) is 10.3. The molecule has 2 amide bonds. The molecule has 350 valence electrons. The maximum Gasteiger partial charge on any atom is 0.303 e. The number of amides is 2. The molecular formula is C46H85N3O11. The van der Waals surface area contributed by atoms with Gasteiger partial charge in [0.15, 0.2) is 5.78 Å². The average molecular weight is 856 g/mol. The van der Waals surface area contributed by atoms with Crippen LogP contribution in [-0.2, 0) is 47.7 Å². The van der Waals surface area contributed by atoms with Crippen molar-refractivity contribution in [2.45, 2.75) is 186 Å². The molecule has 0 heterocycles. The molecule has 14 nitrogen and oxygen atoms in total. The van der Waals surface area contributed by atoms with Crippen molar-refractivity contribution in [2.24, 2.45) is 0 Å². The summed E-state index contributed by atoms with van der Waals surface area (Å²) in [5, 5.41) is 17.3. The fraction of sp³-hybridized carbons (Fsp3) is 0.870. The molecule has 0 rings (SSSR count). The van der Waals surface area contributed by atoms with E-state index in [4.69, 9.17) is 24.1 Å². The third-order valence-electron chi connectivity index (χ3n) is 10.3. The number of carbonyl (C=O) groups is 6. The average Bonchev–Trinajstić information content (AvgIpc) is 3.21. The van der Waals surface area contributed by atoms with Crippen LogP contribution in [0, 0.1) is 0 Å².